The maximum atomic E-state index is 12.2. The van der Waals surface area contributed by atoms with Gasteiger partial charge >= 0.3 is 0 Å². The van der Waals surface area contributed by atoms with Gasteiger partial charge in [-0.2, -0.15) is 0 Å². The molecule has 4 rings (SSSR count). The Morgan fingerprint density at radius 3 is 2.94 bits per heavy atom. The summed E-state index contributed by atoms with van der Waals surface area (Å²) in [6.45, 7) is 0. The SMILES string of the molecule is O=C1CCC2CCCc3c2n1c1ccccc31. The molecule has 86 valence electrons. The molecule has 1 aliphatic heterocycles. The predicted molar refractivity (Wildman–Crippen MR) is 67.5 cm³/mol. The summed E-state index contributed by atoms with van der Waals surface area (Å²) >= 11 is 0. The van der Waals surface area contributed by atoms with E-state index >= 15 is 0 Å². The smallest absolute Gasteiger partial charge is 0.231 e. The maximum absolute atomic E-state index is 12.2. The van der Waals surface area contributed by atoms with Crippen molar-refractivity contribution in [1.29, 1.82) is 0 Å². The van der Waals surface area contributed by atoms with E-state index in [-0.39, 0.29) is 0 Å². The van der Waals surface area contributed by atoms with Crippen LogP contribution in [0.2, 0.25) is 0 Å². The highest BCUT2D eigenvalue weighted by atomic mass is 16.2. The van der Waals surface area contributed by atoms with Gasteiger partial charge in [0.15, 0.2) is 0 Å². The van der Waals surface area contributed by atoms with Gasteiger partial charge in [-0.05, 0) is 37.3 Å². The van der Waals surface area contributed by atoms with Crippen LogP contribution in [0.4, 0.5) is 0 Å². The van der Waals surface area contributed by atoms with Gasteiger partial charge in [-0.25, -0.2) is 0 Å². The first-order valence-electron chi connectivity index (χ1n) is 6.51. The standard InChI is InChI=1S/C15H15NO/c17-14-9-8-10-4-3-6-12-11-5-1-2-7-13(11)16(14)15(10)12/h1-2,5,7,10H,3-4,6,8-9H2. The molecule has 1 aromatic heterocycles. The number of rotatable bonds is 0. The van der Waals surface area contributed by atoms with Crippen molar-refractivity contribution in [1.82, 2.24) is 4.57 Å². The highest BCUT2D eigenvalue weighted by Crippen LogP contribution is 2.43. The zero-order chi connectivity index (χ0) is 11.4. The average molecular weight is 225 g/mol. The minimum Gasteiger partial charge on any atom is -0.284 e. The first kappa shape index (κ1) is 9.46. The van der Waals surface area contributed by atoms with Crippen LogP contribution in [0.1, 0.15) is 47.7 Å². The largest absolute Gasteiger partial charge is 0.284 e. The quantitative estimate of drug-likeness (QED) is 0.672. The maximum Gasteiger partial charge on any atom is 0.231 e. The zero-order valence-electron chi connectivity index (χ0n) is 9.78. The molecule has 2 aliphatic rings. The van der Waals surface area contributed by atoms with Crippen LogP contribution in [0.25, 0.3) is 10.9 Å². The molecular formula is C15H15NO. The minimum absolute atomic E-state index is 0.292. The molecule has 0 saturated carbocycles. The molecule has 0 radical (unpaired) electrons. The molecule has 0 spiro atoms. The van der Waals surface area contributed by atoms with Crippen molar-refractivity contribution >= 4 is 16.8 Å². The van der Waals surface area contributed by atoms with Crippen LogP contribution < -0.4 is 0 Å². The van der Waals surface area contributed by atoms with Crippen LogP contribution >= 0.6 is 0 Å². The Hall–Kier alpha value is -1.57. The molecule has 2 aromatic rings. The van der Waals surface area contributed by atoms with Crippen molar-refractivity contribution < 1.29 is 4.79 Å². The van der Waals surface area contributed by atoms with Gasteiger partial charge < -0.3 is 0 Å². The Bertz CT molecular complexity index is 623. The summed E-state index contributed by atoms with van der Waals surface area (Å²) in [5, 5.41) is 1.31. The number of fused-ring (bicyclic) bond motifs is 3. The molecule has 1 unspecified atom stereocenters. The lowest BCUT2D eigenvalue weighted by Crippen LogP contribution is -2.25. The number of nitrogens with zero attached hydrogens (tertiary/aromatic N) is 1. The number of carbonyl (C=O) groups excluding carboxylic acids is 1. The topological polar surface area (TPSA) is 22.0 Å². The lowest BCUT2D eigenvalue weighted by atomic mass is 9.82. The fourth-order valence-corrected chi connectivity index (χ4v) is 3.64. The highest BCUT2D eigenvalue weighted by molar-refractivity contribution is 5.97. The van der Waals surface area contributed by atoms with Crippen molar-refractivity contribution in [3.05, 3.63) is 35.5 Å². The molecule has 0 fully saturated rings. The van der Waals surface area contributed by atoms with Crippen molar-refractivity contribution in [2.75, 3.05) is 0 Å². The number of carbonyl (C=O) groups is 1. The van der Waals surface area contributed by atoms with E-state index in [1.165, 1.54) is 29.5 Å². The Morgan fingerprint density at radius 1 is 1.12 bits per heavy atom. The Balaban J connectivity index is 2.17. The molecule has 0 N–H and O–H groups in total. The third-order valence-electron chi connectivity index (χ3n) is 4.34. The monoisotopic (exact) mass is 225 g/mol. The fourth-order valence-electron chi connectivity index (χ4n) is 3.64. The lowest BCUT2D eigenvalue weighted by Gasteiger charge is -2.28. The van der Waals surface area contributed by atoms with Crippen LogP contribution in [0, 0.1) is 0 Å². The van der Waals surface area contributed by atoms with Crippen LogP contribution in [0.3, 0.4) is 0 Å². The molecule has 0 bridgehead atoms. The molecule has 0 amide bonds. The van der Waals surface area contributed by atoms with Gasteiger partial charge in [-0.3, -0.25) is 9.36 Å². The van der Waals surface area contributed by atoms with Crippen LogP contribution in [0.15, 0.2) is 24.3 Å². The van der Waals surface area contributed by atoms with E-state index in [9.17, 15) is 4.79 Å². The lowest BCUT2D eigenvalue weighted by molar-refractivity contribution is 0.0877. The van der Waals surface area contributed by atoms with E-state index in [1.54, 1.807) is 0 Å². The molecule has 0 saturated heterocycles. The molecule has 1 aliphatic carbocycles. The van der Waals surface area contributed by atoms with Crippen LogP contribution in [-0.4, -0.2) is 10.5 Å². The fraction of sp³-hybridized carbons (Fsp3) is 0.400. The van der Waals surface area contributed by atoms with Gasteiger partial charge in [0.25, 0.3) is 0 Å². The molecule has 1 aromatic carbocycles. The summed E-state index contributed by atoms with van der Waals surface area (Å²) in [6.07, 6.45) is 5.46. The van der Waals surface area contributed by atoms with Gasteiger partial charge in [0.1, 0.15) is 0 Å². The van der Waals surface area contributed by atoms with Gasteiger partial charge in [0, 0.05) is 23.4 Å². The molecule has 2 nitrogen and oxygen atoms in total. The number of aromatic nitrogens is 1. The second-order valence-corrected chi connectivity index (χ2v) is 5.24. The van der Waals surface area contributed by atoms with E-state index in [0.29, 0.717) is 11.8 Å². The van der Waals surface area contributed by atoms with Gasteiger partial charge in [-0.1, -0.05) is 18.2 Å². The second-order valence-electron chi connectivity index (χ2n) is 5.24. The number of aryl methyl sites for hydroxylation is 1. The Morgan fingerprint density at radius 2 is 2.00 bits per heavy atom. The van der Waals surface area contributed by atoms with Crippen molar-refractivity contribution in [2.45, 2.75) is 38.0 Å². The number of hydrogen-bond donors (Lipinski definition) is 0. The van der Waals surface area contributed by atoms with E-state index in [1.807, 2.05) is 10.6 Å². The summed E-state index contributed by atoms with van der Waals surface area (Å²) in [5.41, 5.74) is 3.92. The molecule has 2 heterocycles. The zero-order valence-corrected chi connectivity index (χ0v) is 9.78. The summed E-state index contributed by atoms with van der Waals surface area (Å²) in [7, 11) is 0. The normalized spacial score (nSPS) is 22.8. The predicted octanol–water partition coefficient (Wildman–Crippen LogP) is 3.50. The van der Waals surface area contributed by atoms with Gasteiger partial charge in [0.05, 0.1) is 5.52 Å². The van der Waals surface area contributed by atoms with E-state index in [0.717, 1.165) is 24.8 Å². The number of benzene rings is 1. The average Bonchev–Trinajstić information content (AvgIpc) is 2.71. The molecular weight excluding hydrogens is 210 g/mol. The van der Waals surface area contributed by atoms with Crippen LogP contribution in [0.5, 0.6) is 0 Å². The molecule has 2 heteroatoms. The summed E-state index contributed by atoms with van der Waals surface area (Å²) in [4.78, 5) is 12.2. The first-order valence-corrected chi connectivity index (χ1v) is 6.51. The van der Waals surface area contributed by atoms with Crippen molar-refractivity contribution in [2.24, 2.45) is 0 Å². The second kappa shape index (κ2) is 3.22. The van der Waals surface area contributed by atoms with Gasteiger partial charge in [-0.15, -0.1) is 0 Å². The Kier molecular flexibility index (Phi) is 1.79. The van der Waals surface area contributed by atoms with E-state index in [4.69, 9.17) is 0 Å². The highest BCUT2D eigenvalue weighted by Gasteiger charge is 2.33. The summed E-state index contributed by atoms with van der Waals surface area (Å²) in [5.74, 6) is 0.921. The number of hydrogen-bond acceptors (Lipinski definition) is 1. The first-order chi connectivity index (χ1) is 8.36. The molecule has 17 heavy (non-hydrogen) atoms. The van der Waals surface area contributed by atoms with Gasteiger partial charge in [0.2, 0.25) is 5.91 Å². The Labute approximate surface area is 100 Å². The number of para-hydroxylation sites is 1. The third kappa shape index (κ3) is 1.13. The minimum atomic E-state index is 0.292. The summed E-state index contributed by atoms with van der Waals surface area (Å²) in [6, 6.07) is 8.38. The van der Waals surface area contributed by atoms with Crippen molar-refractivity contribution in [3.8, 4) is 0 Å². The van der Waals surface area contributed by atoms with Crippen LogP contribution in [-0.2, 0) is 6.42 Å². The summed E-state index contributed by atoms with van der Waals surface area (Å²) < 4.78 is 2.01. The molecule has 1 atom stereocenters. The van der Waals surface area contributed by atoms with E-state index < -0.39 is 0 Å². The third-order valence-corrected chi connectivity index (χ3v) is 4.34. The van der Waals surface area contributed by atoms with E-state index in [2.05, 4.69) is 18.2 Å². The van der Waals surface area contributed by atoms with Crippen molar-refractivity contribution in [3.63, 3.8) is 0 Å².